The lowest BCUT2D eigenvalue weighted by atomic mass is 10.0. The molecule has 1 aromatic heterocycles. The number of alkyl halides is 3. The quantitative estimate of drug-likeness (QED) is 0.361. The van der Waals surface area contributed by atoms with Gasteiger partial charge in [0.2, 0.25) is 5.91 Å². The summed E-state index contributed by atoms with van der Waals surface area (Å²) >= 11 is 0. The van der Waals surface area contributed by atoms with Crippen molar-refractivity contribution in [3.8, 4) is 12.1 Å². The molecule has 0 spiro atoms. The predicted octanol–water partition coefficient (Wildman–Crippen LogP) is 4.29. The monoisotopic (exact) mass is 585 g/mol. The molecular formula is C30H38F3N7O2. The summed E-state index contributed by atoms with van der Waals surface area (Å²) in [6, 6.07) is 7.74. The molecule has 226 valence electrons. The highest BCUT2D eigenvalue weighted by atomic mass is 19.4. The first-order valence-corrected chi connectivity index (χ1v) is 14.4. The van der Waals surface area contributed by atoms with Crippen LogP contribution in [0.25, 0.3) is 0 Å². The summed E-state index contributed by atoms with van der Waals surface area (Å²) < 4.78 is 47.5. The molecule has 1 fully saturated rings. The molecule has 42 heavy (non-hydrogen) atoms. The Balaban J connectivity index is 1.67. The third kappa shape index (κ3) is 7.13. The van der Waals surface area contributed by atoms with Gasteiger partial charge in [0.1, 0.15) is 12.4 Å². The largest absolute Gasteiger partial charge is 0.462 e. The highest BCUT2D eigenvalue weighted by Crippen LogP contribution is 2.39. The Bertz CT molecular complexity index is 1290. The van der Waals surface area contributed by atoms with Crippen molar-refractivity contribution in [1.29, 1.82) is 5.26 Å². The van der Waals surface area contributed by atoms with E-state index in [2.05, 4.69) is 41.3 Å². The number of para-hydroxylation sites is 1. The minimum atomic E-state index is -4.48. The molecule has 0 N–H and O–H groups in total. The van der Waals surface area contributed by atoms with Gasteiger partial charge in [-0.3, -0.25) is 4.79 Å². The van der Waals surface area contributed by atoms with Gasteiger partial charge >= 0.3 is 12.2 Å². The number of hydrogen-bond donors (Lipinski definition) is 0. The molecule has 0 radical (unpaired) electrons. The van der Waals surface area contributed by atoms with Crippen molar-refractivity contribution in [3.05, 3.63) is 53.7 Å². The van der Waals surface area contributed by atoms with Crippen molar-refractivity contribution in [2.45, 2.75) is 51.9 Å². The van der Waals surface area contributed by atoms with Crippen LogP contribution in [0.2, 0.25) is 0 Å². The summed E-state index contributed by atoms with van der Waals surface area (Å²) in [7, 11) is 0. The van der Waals surface area contributed by atoms with Crippen molar-refractivity contribution in [3.63, 3.8) is 0 Å². The number of benzene rings is 1. The summed E-state index contributed by atoms with van der Waals surface area (Å²) in [6.45, 7) is 12.5. The molecule has 1 amide bonds. The fraction of sp³-hybridized carbons (Fsp3) is 0.533. The molecule has 2 aromatic rings. The van der Waals surface area contributed by atoms with Crippen LogP contribution in [-0.4, -0.2) is 84.1 Å². The Morgan fingerprint density at radius 2 is 1.95 bits per heavy atom. The summed E-state index contributed by atoms with van der Waals surface area (Å²) in [6.07, 6.45) is -1.93. The molecule has 4 rings (SSSR count). The van der Waals surface area contributed by atoms with E-state index in [1.54, 1.807) is 15.9 Å². The second-order valence-corrected chi connectivity index (χ2v) is 10.3. The Hall–Kier alpha value is -3.85. The number of rotatable bonds is 11. The molecule has 12 heteroatoms. The molecule has 1 aromatic carbocycles. The van der Waals surface area contributed by atoms with Crippen LogP contribution in [0.1, 0.15) is 43.5 Å². The average Bonchev–Trinajstić information content (AvgIpc) is 3.00. The zero-order chi connectivity index (χ0) is 30.3. The van der Waals surface area contributed by atoms with Gasteiger partial charge in [-0.15, -0.1) is 0 Å². The lowest BCUT2D eigenvalue weighted by molar-refractivity contribution is -0.137. The molecule has 0 saturated carbocycles. The Labute approximate surface area is 245 Å². The molecule has 0 aliphatic carbocycles. The van der Waals surface area contributed by atoms with E-state index in [9.17, 15) is 23.2 Å². The normalized spacial score (nSPS) is 17.2. The highest BCUT2D eigenvalue weighted by molar-refractivity contribution is 5.87. The second kappa shape index (κ2) is 13.9. The van der Waals surface area contributed by atoms with Gasteiger partial charge in [0.05, 0.1) is 29.9 Å². The van der Waals surface area contributed by atoms with Crippen LogP contribution < -0.4 is 14.5 Å². The van der Waals surface area contributed by atoms with Crippen LogP contribution in [0.4, 0.5) is 24.7 Å². The number of hydrogen-bond acceptors (Lipinski definition) is 8. The highest BCUT2D eigenvalue weighted by Gasteiger charge is 2.37. The van der Waals surface area contributed by atoms with Gasteiger partial charge in [-0.25, -0.2) is 0 Å². The van der Waals surface area contributed by atoms with Gasteiger partial charge in [0.25, 0.3) is 0 Å². The summed E-state index contributed by atoms with van der Waals surface area (Å²) in [5.41, 5.74) is 0.934. The molecule has 1 atom stereocenters. The zero-order valence-corrected chi connectivity index (χ0v) is 24.2. The number of aromatic nitrogens is 2. The number of carbonyl (C=O) groups excluding carboxylic acids is 1. The SMILES string of the molecule is C=CC(=O)N1CCN(c2nc(OCCN(CC)CC)nc3c2CCN(c2ccccc2C(F)(F)F)C3)CC1CCC#N. The number of likely N-dealkylation sites (N-methyl/N-ethyl adjacent to an activating group) is 1. The van der Waals surface area contributed by atoms with E-state index in [4.69, 9.17) is 9.72 Å². The lowest BCUT2D eigenvalue weighted by Gasteiger charge is -2.42. The van der Waals surface area contributed by atoms with Gasteiger partial charge < -0.3 is 24.3 Å². The smallest absolute Gasteiger partial charge is 0.418 e. The fourth-order valence-electron chi connectivity index (χ4n) is 5.65. The number of halogens is 3. The number of fused-ring (bicyclic) bond motifs is 1. The van der Waals surface area contributed by atoms with Crippen LogP contribution in [0.15, 0.2) is 36.9 Å². The zero-order valence-electron chi connectivity index (χ0n) is 24.2. The first-order chi connectivity index (χ1) is 20.2. The Morgan fingerprint density at radius 3 is 2.64 bits per heavy atom. The number of carbonyl (C=O) groups is 1. The number of piperazine rings is 1. The third-order valence-corrected chi connectivity index (χ3v) is 7.94. The summed E-state index contributed by atoms with van der Waals surface area (Å²) in [5.74, 6) is 0.496. The van der Waals surface area contributed by atoms with Crippen molar-refractivity contribution in [1.82, 2.24) is 19.8 Å². The van der Waals surface area contributed by atoms with E-state index in [0.29, 0.717) is 70.1 Å². The van der Waals surface area contributed by atoms with Gasteiger partial charge in [-0.05, 0) is 44.1 Å². The second-order valence-electron chi connectivity index (χ2n) is 10.3. The van der Waals surface area contributed by atoms with Crippen LogP contribution in [-0.2, 0) is 23.9 Å². The third-order valence-electron chi connectivity index (χ3n) is 7.94. The molecule has 1 unspecified atom stereocenters. The van der Waals surface area contributed by atoms with E-state index in [1.807, 2.05) is 0 Å². The Kier molecular flexibility index (Phi) is 10.3. The molecule has 1 saturated heterocycles. The maximum Gasteiger partial charge on any atom is 0.418 e. The summed E-state index contributed by atoms with van der Waals surface area (Å²) in [5, 5.41) is 9.20. The average molecular weight is 586 g/mol. The molecule has 3 heterocycles. The molecule has 9 nitrogen and oxygen atoms in total. The first-order valence-electron chi connectivity index (χ1n) is 14.4. The van der Waals surface area contributed by atoms with E-state index >= 15 is 0 Å². The van der Waals surface area contributed by atoms with E-state index in [1.165, 1.54) is 18.2 Å². The molecular weight excluding hydrogens is 547 g/mol. The van der Waals surface area contributed by atoms with Crippen molar-refractivity contribution in [2.75, 3.05) is 62.2 Å². The van der Waals surface area contributed by atoms with Gasteiger partial charge in [-0.1, -0.05) is 32.6 Å². The van der Waals surface area contributed by atoms with Gasteiger partial charge in [-0.2, -0.15) is 28.4 Å². The van der Waals surface area contributed by atoms with Gasteiger partial charge in [0.15, 0.2) is 0 Å². The fourth-order valence-corrected chi connectivity index (χ4v) is 5.65. The predicted molar refractivity (Wildman–Crippen MR) is 154 cm³/mol. The van der Waals surface area contributed by atoms with Crippen LogP contribution in [0.3, 0.4) is 0 Å². The number of nitriles is 1. The van der Waals surface area contributed by atoms with Crippen molar-refractivity contribution < 1.29 is 22.7 Å². The molecule has 2 aliphatic heterocycles. The summed E-state index contributed by atoms with van der Waals surface area (Å²) in [4.78, 5) is 29.8. The standard InChI is InChI=1S/C30H38F3N7O2/c1-4-27(41)40-17-16-39(20-22(40)10-9-14-34)28-23-13-15-38(26-12-8-7-11-24(26)30(31,32)33)21-25(23)35-29(36-28)42-19-18-37(5-2)6-3/h4,7-8,11-12,22H,1,5-6,9-10,13,15-21H2,2-3H3. The minimum Gasteiger partial charge on any atom is -0.462 e. The Morgan fingerprint density at radius 1 is 1.19 bits per heavy atom. The van der Waals surface area contributed by atoms with Crippen LogP contribution in [0.5, 0.6) is 6.01 Å². The first kappa shape index (κ1) is 31.1. The lowest BCUT2D eigenvalue weighted by Crippen LogP contribution is -2.55. The van der Waals surface area contributed by atoms with E-state index < -0.39 is 11.7 Å². The van der Waals surface area contributed by atoms with Crippen LogP contribution >= 0.6 is 0 Å². The van der Waals surface area contributed by atoms with E-state index in [0.717, 1.165) is 24.7 Å². The van der Waals surface area contributed by atoms with Gasteiger partial charge in [0, 0.05) is 50.4 Å². The van der Waals surface area contributed by atoms with E-state index in [-0.39, 0.29) is 30.2 Å². The maximum atomic E-state index is 13.8. The topological polar surface area (TPSA) is 88.8 Å². The molecule has 2 aliphatic rings. The van der Waals surface area contributed by atoms with Crippen molar-refractivity contribution in [2.24, 2.45) is 0 Å². The van der Waals surface area contributed by atoms with Crippen molar-refractivity contribution >= 4 is 17.4 Å². The van der Waals surface area contributed by atoms with Crippen LogP contribution in [0, 0.1) is 11.3 Å². The number of amides is 1. The molecule has 0 bridgehead atoms. The number of ether oxygens (including phenoxy) is 1. The maximum absolute atomic E-state index is 13.8. The number of nitrogens with zero attached hydrogens (tertiary/aromatic N) is 7. The number of anilines is 2. The minimum absolute atomic E-state index is 0.118.